The summed E-state index contributed by atoms with van der Waals surface area (Å²) in [5.74, 6) is -0.270. The van der Waals surface area contributed by atoms with Gasteiger partial charge in [-0.15, -0.1) is 0 Å². The Kier molecular flexibility index (Phi) is 7.10. The van der Waals surface area contributed by atoms with E-state index >= 15 is 0 Å². The first-order valence-corrected chi connectivity index (χ1v) is 11.8. The molecule has 0 aliphatic carbocycles. The minimum absolute atomic E-state index is 0.108. The zero-order chi connectivity index (χ0) is 23.4. The number of carbonyl (C=O) groups excluding carboxylic acids is 2. The third kappa shape index (κ3) is 5.26. The Bertz CT molecular complexity index is 1140. The first kappa shape index (κ1) is 23.0. The van der Waals surface area contributed by atoms with Crippen LogP contribution in [-0.2, 0) is 9.53 Å². The molecule has 1 aliphatic rings. The standard InChI is InChI=1S/C24H28N4O4S/c1-15(2)21(27-22(29)17-6-4-5-7-19(17)31-3)23(30)25-16-8-9-18-20(14-16)33-24(26-18)28-10-12-32-13-11-28/h4-9,14-15,21H,10-13H2,1-3H3,(H,25,30)(H,27,29)/t21-/m0/s1. The number of anilines is 2. The Morgan fingerprint density at radius 1 is 1.15 bits per heavy atom. The molecule has 0 radical (unpaired) electrons. The summed E-state index contributed by atoms with van der Waals surface area (Å²) in [6.07, 6.45) is 0. The highest BCUT2D eigenvalue weighted by atomic mass is 32.1. The summed E-state index contributed by atoms with van der Waals surface area (Å²) in [6, 6.07) is 11.9. The first-order chi connectivity index (χ1) is 16.0. The van der Waals surface area contributed by atoms with E-state index in [4.69, 9.17) is 14.5 Å². The minimum Gasteiger partial charge on any atom is -0.496 e. The molecule has 33 heavy (non-hydrogen) atoms. The second-order valence-electron chi connectivity index (χ2n) is 8.16. The number of aromatic nitrogens is 1. The van der Waals surface area contributed by atoms with Gasteiger partial charge >= 0.3 is 0 Å². The molecule has 2 heterocycles. The Balaban J connectivity index is 1.48. The topological polar surface area (TPSA) is 92.8 Å². The molecule has 0 spiro atoms. The minimum atomic E-state index is -0.705. The first-order valence-electron chi connectivity index (χ1n) is 10.9. The monoisotopic (exact) mass is 468 g/mol. The van der Waals surface area contributed by atoms with E-state index in [2.05, 4.69) is 15.5 Å². The molecule has 9 heteroatoms. The zero-order valence-electron chi connectivity index (χ0n) is 19.0. The summed E-state index contributed by atoms with van der Waals surface area (Å²) < 4.78 is 11.7. The molecule has 0 bridgehead atoms. The number of nitrogens with one attached hydrogen (secondary N) is 2. The molecule has 1 aromatic heterocycles. The fraction of sp³-hybridized carbons (Fsp3) is 0.375. The molecule has 3 aromatic rings. The summed E-state index contributed by atoms with van der Waals surface area (Å²) >= 11 is 1.60. The van der Waals surface area contributed by atoms with Gasteiger partial charge in [-0.2, -0.15) is 0 Å². The van der Waals surface area contributed by atoms with Crippen LogP contribution < -0.4 is 20.3 Å². The number of carbonyl (C=O) groups is 2. The van der Waals surface area contributed by atoms with Gasteiger partial charge in [0, 0.05) is 18.8 Å². The van der Waals surface area contributed by atoms with Gasteiger partial charge in [-0.1, -0.05) is 37.3 Å². The second-order valence-corrected chi connectivity index (χ2v) is 9.17. The molecule has 1 aliphatic heterocycles. The van der Waals surface area contributed by atoms with Crippen LogP contribution in [0.2, 0.25) is 0 Å². The zero-order valence-corrected chi connectivity index (χ0v) is 19.8. The number of morpholine rings is 1. The molecule has 174 valence electrons. The summed E-state index contributed by atoms with van der Waals surface area (Å²) in [7, 11) is 1.51. The number of ether oxygens (including phenoxy) is 2. The van der Waals surface area contributed by atoms with Crippen molar-refractivity contribution in [3.8, 4) is 5.75 Å². The van der Waals surface area contributed by atoms with Gasteiger partial charge in [0.25, 0.3) is 5.91 Å². The number of rotatable bonds is 7. The Hall–Kier alpha value is -3.17. The lowest BCUT2D eigenvalue weighted by molar-refractivity contribution is -0.118. The number of benzene rings is 2. The molecule has 1 atom stereocenters. The molecule has 2 aromatic carbocycles. The van der Waals surface area contributed by atoms with E-state index in [0.29, 0.717) is 30.2 Å². The molecular formula is C24H28N4O4S. The van der Waals surface area contributed by atoms with E-state index in [1.807, 2.05) is 32.0 Å². The van der Waals surface area contributed by atoms with Crippen molar-refractivity contribution in [3.05, 3.63) is 48.0 Å². The summed E-state index contributed by atoms with van der Waals surface area (Å²) in [5, 5.41) is 6.76. The maximum atomic E-state index is 13.1. The molecule has 2 N–H and O–H groups in total. The lowest BCUT2D eigenvalue weighted by atomic mass is 10.0. The molecule has 2 amide bonds. The third-order valence-electron chi connectivity index (χ3n) is 5.51. The highest BCUT2D eigenvalue weighted by Crippen LogP contribution is 2.31. The number of hydrogen-bond acceptors (Lipinski definition) is 7. The number of amides is 2. The van der Waals surface area contributed by atoms with E-state index in [1.54, 1.807) is 35.6 Å². The van der Waals surface area contributed by atoms with Crippen molar-refractivity contribution in [3.63, 3.8) is 0 Å². The van der Waals surface area contributed by atoms with Gasteiger partial charge in [0.05, 0.1) is 36.1 Å². The molecule has 1 fully saturated rings. The van der Waals surface area contributed by atoms with Crippen molar-refractivity contribution in [1.29, 1.82) is 0 Å². The predicted octanol–water partition coefficient (Wildman–Crippen LogP) is 3.53. The number of thiazole rings is 1. The normalized spacial score (nSPS) is 14.8. The summed E-state index contributed by atoms with van der Waals surface area (Å²) in [6.45, 7) is 6.85. The Morgan fingerprint density at radius 2 is 1.91 bits per heavy atom. The maximum Gasteiger partial charge on any atom is 0.255 e. The summed E-state index contributed by atoms with van der Waals surface area (Å²) in [5.41, 5.74) is 1.95. The number of fused-ring (bicyclic) bond motifs is 1. The fourth-order valence-corrected chi connectivity index (χ4v) is 4.74. The lowest BCUT2D eigenvalue weighted by Crippen LogP contribution is -2.47. The van der Waals surface area contributed by atoms with Crippen LogP contribution >= 0.6 is 11.3 Å². The predicted molar refractivity (Wildman–Crippen MR) is 130 cm³/mol. The van der Waals surface area contributed by atoms with Crippen molar-refractivity contribution in [2.45, 2.75) is 19.9 Å². The van der Waals surface area contributed by atoms with E-state index in [0.717, 1.165) is 28.4 Å². The molecule has 8 nitrogen and oxygen atoms in total. The highest BCUT2D eigenvalue weighted by molar-refractivity contribution is 7.22. The van der Waals surface area contributed by atoms with Crippen LogP contribution in [0.4, 0.5) is 10.8 Å². The van der Waals surface area contributed by atoms with E-state index in [-0.39, 0.29) is 17.7 Å². The highest BCUT2D eigenvalue weighted by Gasteiger charge is 2.26. The third-order valence-corrected chi connectivity index (χ3v) is 6.59. The van der Waals surface area contributed by atoms with Crippen molar-refractivity contribution in [2.75, 3.05) is 43.6 Å². The average Bonchev–Trinajstić information content (AvgIpc) is 3.26. The van der Waals surface area contributed by atoms with Gasteiger partial charge in [0.15, 0.2) is 5.13 Å². The smallest absolute Gasteiger partial charge is 0.255 e. The number of methoxy groups -OCH3 is 1. The number of nitrogens with zero attached hydrogens (tertiary/aromatic N) is 2. The van der Waals surface area contributed by atoms with Crippen LogP contribution in [0.25, 0.3) is 10.2 Å². The van der Waals surface area contributed by atoms with E-state index in [1.165, 1.54) is 7.11 Å². The second kappa shape index (κ2) is 10.2. The fourth-order valence-electron chi connectivity index (χ4n) is 3.69. The van der Waals surface area contributed by atoms with Crippen molar-refractivity contribution >= 4 is 44.2 Å². The van der Waals surface area contributed by atoms with Gasteiger partial charge < -0.3 is 25.0 Å². The average molecular weight is 469 g/mol. The van der Waals surface area contributed by atoms with Crippen LogP contribution in [0, 0.1) is 5.92 Å². The number of hydrogen-bond donors (Lipinski definition) is 2. The van der Waals surface area contributed by atoms with Gasteiger partial charge in [-0.3, -0.25) is 9.59 Å². The SMILES string of the molecule is COc1ccccc1C(=O)N[C@H](C(=O)Nc1ccc2nc(N3CCOCC3)sc2c1)C(C)C. The van der Waals surface area contributed by atoms with Crippen molar-refractivity contribution < 1.29 is 19.1 Å². The molecule has 0 saturated carbocycles. The van der Waals surface area contributed by atoms with Crippen molar-refractivity contribution in [1.82, 2.24) is 10.3 Å². The van der Waals surface area contributed by atoms with Crippen LogP contribution in [0.1, 0.15) is 24.2 Å². The van der Waals surface area contributed by atoms with Crippen LogP contribution in [-0.4, -0.2) is 56.3 Å². The number of para-hydroxylation sites is 1. The Morgan fingerprint density at radius 3 is 2.64 bits per heavy atom. The maximum absolute atomic E-state index is 13.1. The van der Waals surface area contributed by atoms with E-state index < -0.39 is 6.04 Å². The van der Waals surface area contributed by atoms with Gasteiger partial charge in [0.2, 0.25) is 5.91 Å². The largest absolute Gasteiger partial charge is 0.496 e. The summed E-state index contributed by atoms with van der Waals surface area (Å²) in [4.78, 5) is 32.8. The quantitative estimate of drug-likeness (QED) is 0.551. The molecule has 1 saturated heterocycles. The van der Waals surface area contributed by atoms with Crippen LogP contribution in [0.5, 0.6) is 5.75 Å². The van der Waals surface area contributed by atoms with E-state index in [9.17, 15) is 9.59 Å². The lowest BCUT2D eigenvalue weighted by Gasteiger charge is -2.25. The van der Waals surface area contributed by atoms with Crippen LogP contribution in [0.15, 0.2) is 42.5 Å². The van der Waals surface area contributed by atoms with Gasteiger partial charge in [0.1, 0.15) is 11.8 Å². The van der Waals surface area contributed by atoms with Gasteiger partial charge in [-0.05, 0) is 36.2 Å². The Labute approximate surface area is 196 Å². The molecule has 4 rings (SSSR count). The van der Waals surface area contributed by atoms with Crippen LogP contribution in [0.3, 0.4) is 0 Å². The molecular weight excluding hydrogens is 440 g/mol. The van der Waals surface area contributed by atoms with Gasteiger partial charge in [-0.25, -0.2) is 4.98 Å². The molecule has 0 unspecified atom stereocenters. The van der Waals surface area contributed by atoms with Crippen molar-refractivity contribution in [2.24, 2.45) is 5.92 Å².